The third-order valence-corrected chi connectivity index (χ3v) is 8.53. The molecule has 1 aliphatic carbocycles. The van der Waals surface area contributed by atoms with Crippen molar-refractivity contribution in [3.05, 3.63) is 112 Å². The molecule has 1 N–H and O–H groups in total. The molecule has 0 spiro atoms. The molecule has 0 radical (unpaired) electrons. The highest BCUT2D eigenvalue weighted by Gasteiger charge is 2.40. The number of imidazole rings is 1. The van der Waals surface area contributed by atoms with Crippen molar-refractivity contribution < 1.29 is 19.3 Å². The number of aliphatic hydroxyl groups is 1. The third kappa shape index (κ3) is 6.34. The van der Waals surface area contributed by atoms with E-state index in [0.717, 1.165) is 48.3 Å². The van der Waals surface area contributed by atoms with Crippen LogP contribution in [0.4, 0.5) is 0 Å². The van der Waals surface area contributed by atoms with Gasteiger partial charge in [0.2, 0.25) is 0 Å². The molecule has 9 heteroatoms. The molecule has 2 aromatic carbocycles. The van der Waals surface area contributed by atoms with Crippen molar-refractivity contribution in [3.8, 4) is 5.75 Å². The van der Waals surface area contributed by atoms with Gasteiger partial charge in [0.25, 0.3) is 5.56 Å². The average molecular weight is 599 g/mol. The molecule has 0 fully saturated rings. The first-order valence-electron chi connectivity index (χ1n) is 15.2. The molecule has 3 atom stereocenters. The maximum absolute atomic E-state index is 12.7. The molecule has 2 heterocycles. The number of methoxy groups -OCH3 is 2. The number of aromatic nitrogens is 4. The third-order valence-electron chi connectivity index (χ3n) is 8.53. The van der Waals surface area contributed by atoms with Gasteiger partial charge in [0.15, 0.2) is 11.2 Å². The monoisotopic (exact) mass is 598 g/mol. The van der Waals surface area contributed by atoms with E-state index in [1.807, 2.05) is 22.8 Å². The van der Waals surface area contributed by atoms with E-state index >= 15 is 0 Å². The molecule has 44 heavy (non-hydrogen) atoms. The van der Waals surface area contributed by atoms with Crippen molar-refractivity contribution >= 4 is 11.2 Å². The van der Waals surface area contributed by atoms with Crippen LogP contribution >= 0.6 is 0 Å². The Hall–Kier alpha value is -4.21. The van der Waals surface area contributed by atoms with E-state index in [4.69, 9.17) is 14.2 Å². The van der Waals surface area contributed by atoms with Gasteiger partial charge < -0.3 is 23.9 Å². The number of hydrogen-bond acceptors (Lipinski definition) is 7. The van der Waals surface area contributed by atoms with Crippen LogP contribution in [0, 0.1) is 5.92 Å². The van der Waals surface area contributed by atoms with Crippen molar-refractivity contribution in [2.24, 2.45) is 5.92 Å². The molecular formula is C35H42N4O5. The quantitative estimate of drug-likeness (QED) is 0.196. The predicted octanol–water partition coefficient (Wildman–Crippen LogP) is 5.78. The van der Waals surface area contributed by atoms with Crippen LogP contribution in [0.5, 0.6) is 5.75 Å². The summed E-state index contributed by atoms with van der Waals surface area (Å²) in [5.41, 5.74) is 3.18. The number of rotatable bonds is 14. The highest BCUT2D eigenvalue weighted by molar-refractivity contribution is 5.69. The van der Waals surface area contributed by atoms with Crippen molar-refractivity contribution in [1.29, 1.82) is 0 Å². The fourth-order valence-corrected chi connectivity index (χ4v) is 5.93. The smallest absolute Gasteiger partial charge is 0.281 e. The number of hydrogen-bond donors (Lipinski definition) is 1. The van der Waals surface area contributed by atoms with Crippen LogP contribution in [0.1, 0.15) is 56.7 Å². The zero-order valence-corrected chi connectivity index (χ0v) is 26.0. The standard InChI is InChI=1S/C35H42N4O5/c1-25(10-11-26(2)39-24-36-32-33(39)37-23-38(20-21-40)34(32)41)22-44-35(27-8-6-5-7-9-27,28-12-16-30(42-3)17-13-28)29-14-18-31(43-4)19-15-29/h5-9,12-14,16-18,23-26,40H,10-11,15,19-22H2,1-4H3/t25-,26+,35?/m0/s1. The van der Waals surface area contributed by atoms with Crippen LogP contribution in [-0.4, -0.2) is 51.6 Å². The van der Waals surface area contributed by atoms with Crippen molar-refractivity contribution in [1.82, 2.24) is 19.1 Å². The van der Waals surface area contributed by atoms with E-state index in [2.05, 4.69) is 72.4 Å². The van der Waals surface area contributed by atoms with Crippen LogP contribution in [0.15, 0.2) is 95.5 Å². The summed E-state index contributed by atoms with van der Waals surface area (Å²) in [4.78, 5) is 21.6. The molecule has 0 saturated heterocycles. The SMILES string of the molecule is COC1=CC=C(C(OC[C@@H](C)CC[C@@H](C)n2cnc3c(=O)n(CCO)cnc32)(c2ccccc2)c2ccc(OC)cc2)CC1. The fourth-order valence-electron chi connectivity index (χ4n) is 5.93. The van der Waals surface area contributed by atoms with E-state index in [-0.39, 0.29) is 30.7 Å². The van der Waals surface area contributed by atoms with Crippen LogP contribution in [0.25, 0.3) is 11.2 Å². The molecule has 5 rings (SSSR count). The van der Waals surface area contributed by atoms with Gasteiger partial charge in [-0.15, -0.1) is 0 Å². The molecule has 0 amide bonds. The molecule has 1 unspecified atom stereocenters. The Balaban J connectivity index is 1.39. The summed E-state index contributed by atoms with van der Waals surface area (Å²) in [5, 5.41) is 9.23. The lowest BCUT2D eigenvalue weighted by Crippen LogP contribution is -2.36. The number of allylic oxidation sites excluding steroid dienone is 3. The van der Waals surface area contributed by atoms with Gasteiger partial charge in [0.1, 0.15) is 17.7 Å². The van der Waals surface area contributed by atoms with E-state index in [1.54, 1.807) is 20.5 Å². The zero-order chi connectivity index (χ0) is 31.1. The molecule has 232 valence electrons. The van der Waals surface area contributed by atoms with E-state index in [9.17, 15) is 9.90 Å². The lowest BCUT2D eigenvalue weighted by atomic mass is 9.76. The molecule has 9 nitrogen and oxygen atoms in total. The lowest BCUT2D eigenvalue weighted by molar-refractivity contribution is -0.0126. The maximum Gasteiger partial charge on any atom is 0.281 e. The fraction of sp³-hybridized carbons (Fsp3) is 0.400. The Bertz CT molecular complexity index is 1660. The van der Waals surface area contributed by atoms with Crippen LogP contribution < -0.4 is 10.3 Å². The van der Waals surface area contributed by atoms with Gasteiger partial charge in [-0.25, -0.2) is 9.97 Å². The molecule has 4 aromatic rings. The van der Waals surface area contributed by atoms with E-state index < -0.39 is 5.60 Å². The largest absolute Gasteiger partial charge is 0.501 e. The average Bonchev–Trinajstić information content (AvgIpc) is 3.51. The minimum Gasteiger partial charge on any atom is -0.501 e. The van der Waals surface area contributed by atoms with Gasteiger partial charge in [0, 0.05) is 12.5 Å². The molecule has 0 bridgehead atoms. The Kier molecular flexibility index (Phi) is 9.97. The van der Waals surface area contributed by atoms with Crippen LogP contribution in [0.2, 0.25) is 0 Å². The number of fused-ring (bicyclic) bond motifs is 1. The molecule has 0 saturated carbocycles. The second-order valence-corrected chi connectivity index (χ2v) is 11.4. The Labute approximate surface area is 258 Å². The Morgan fingerprint density at radius 3 is 2.32 bits per heavy atom. The van der Waals surface area contributed by atoms with Crippen molar-refractivity contribution in [2.75, 3.05) is 27.4 Å². The summed E-state index contributed by atoms with van der Waals surface area (Å²) in [5.74, 6) is 2.00. The van der Waals surface area contributed by atoms with E-state index in [1.165, 1.54) is 16.5 Å². The second-order valence-electron chi connectivity index (χ2n) is 11.4. The lowest BCUT2D eigenvalue weighted by Gasteiger charge is -2.39. The van der Waals surface area contributed by atoms with Crippen molar-refractivity contribution in [2.45, 2.75) is 57.7 Å². The van der Waals surface area contributed by atoms with Crippen molar-refractivity contribution in [3.63, 3.8) is 0 Å². The van der Waals surface area contributed by atoms with Gasteiger partial charge in [-0.3, -0.25) is 9.36 Å². The highest BCUT2D eigenvalue weighted by Crippen LogP contribution is 2.45. The summed E-state index contributed by atoms with van der Waals surface area (Å²) < 4.78 is 21.5. The minimum atomic E-state index is -0.776. The molecular weight excluding hydrogens is 556 g/mol. The summed E-state index contributed by atoms with van der Waals surface area (Å²) in [6.07, 6.45) is 10.8. The predicted molar refractivity (Wildman–Crippen MR) is 171 cm³/mol. The van der Waals surface area contributed by atoms with Gasteiger partial charge in [-0.05, 0) is 67.0 Å². The first-order chi connectivity index (χ1) is 21.4. The summed E-state index contributed by atoms with van der Waals surface area (Å²) in [6, 6.07) is 18.7. The minimum absolute atomic E-state index is 0.0853. The molecule has 1 aliphatic rings. The first-order valence-corrected chi connectivity index (χ1v) is 15.2. The number of nitrogens with zero attached hydrogens (tertiary/aromatic N) is 4. The second kappa shape index (κ2) is 14.1. The van der Waals surface area contributed by atoms with Crippen LogP contribution in [0.3, 0.4) is 0 Å². The number of benzene rings is 2. The van der Waals surface area contributed by atoms with Gasteiger partial charge in [0.05, 0.1) is 46.1 Å². The Morgan fingerprint density at radius 2 is 1.66 bits per heavy atom. The summed E-state index contributed by atoms with van der Waals surface area (Å²) >= 11 is 0. The Morgan fingerprint density at radius 1 is 0.909 bits per heavy atom. The van der Waals surface area contributed by atoms with Gasteiger partial charge in [-0.1, -0.05) is 55.5 Å². The molecule has 0 aliphatic heterocycles. The van der Waals surface area contributed by atoms with Gasteiger partial charge >= 0.3 is 0 Å². The summed E-state index contributed by atoms with van der Waals surface area (Å²) in [7, 11) is 3.39. The number of ether oxygens (including phenoxy) is 3. The molecule has 2 aromatic heterocycles. The topological polar surface area (TPSA) is 101 Å². The van der Waals surface area contributed by atoms with Gasteiger partial charge in [-0.2, -0.15) is 0 Å². The normalized spacial score (nSPS) is 16.1. The zero-order valence-electron chi connectivity index (χ0n) is 26.0. The van der Waals surface area contributed by atoms with Crippen LogP contribution in [-0.2, 0) is 21.6 Å². The summed E-state index contributed by atoms with van der Waals surface area (Å²) in [6.45, 7) is 4.95. The maximum atomic E-state index is 12.7. The number of aliphatic hydroxyl groups excluding tert-OH is 1. The first kappa shape index (κ1) is 31.2. The van der Waals surface area contributed by atoms with E-state index in [0.29, 0.717) is 17.8 Å². The highest BCUT2D eigenvalue weighted by atomic mass is 16.5.